The first-order valence-corrected chi connectivity index (χ1v) is 6.28. The Hall–Kier alpha value is -1.24. The number of aromatic nitrogens is 2. The van der Waals surface area contributed by atoms with Gasteiger partial charge in [0.05, 0.1) is 11.6 Å². The summed E-state index contributed by atoms with van der Waals surface area (Å²) in [5.74, 6) is 0.455. The average Bonchev–Trinajstić information content (AvgIpc) is 2.79. The molecule has 0 atom stereocenters. The maximum atomic E-state index is 13.2. The molecule has 2 rings (SSSR count). The maximum absolute atomic E-state index is 13.2. The summed E-state index contributed by atoms with van der Waals surface area (Å²) in [6, 6.07) is 4.21. The fourth-order valence-electron chi connectivity index (χ4n) is 1.22. The lowest BCUT2D eigenvalue weighted by atomic mass is 10.3. The molecule has 1 aromatic carbocycles. The highest BCUT2D eigenvalue weighted by Gasteiger charge is 2.08. The summed E-state index contributed by atoms with van der Waals surface area (Å²) in [4.78, 5) is 4.14. The van der Waals surface area contributed by atoms with Gasteiger partial charge in [-0.25, -0.2) is 4.39 Å². The molecule has 1 heterocycles. The molecule has 18 heavy (non-hydrogen) atoms. The molecule has 0 aliphatic carbocycles. The fourth-order valence-corrected chi connectivity index (χ4v) is 1.93. The first-order chi connectivity index (χ1) is 8.69. The van der Waals surface area contributed by atoms with Crippen molar-refractivity contribution in [2.45, 2.75) is 6.42 Å². The van der Waals surface area contributed by atoms with Gasteiger partial charge in [0, 0.05) is 31.1 Å². The molecule has 2 aromatic rings. The first-order valence-electron chi connectivity index (χ1n) is 5.13. The summed E-state index contributed by atoms with van der Waals surface area (Å²) in [7, 11) is 1.61. The lowest BCUT2D eigenvalue weighted by Crippen LogP contribution is -1.96. The summed E-state index contributed by atoms with van der Waals surface area (Å²) < 4.78 is 27.6. The van der Waals surface area contributed by atoms with E-state index in [1.165, 1.54) is 12.1 Å². The van der Waals surface area contributed by atoms with Crippen LogP contribution < -0.4 is 4.74 Å². The molecular weight excluding hydrogens is 279 g/mol. The molecule has 0 radical (unpaired) electrons. The predicted octanol–water partition coefficient (Wildman–Crippen LogP) is 3.31. The standard InChI is InChI=1S/C11H10ClFN2O2S/c1-16-5-4-10-14-11(18-15-10)17-7-2-3-8(12)9(13)6-7/h2-3,6H,4-5H2,1H3. The molecule has 1 aromatic heterocycles. The Labute approximate surface area is 112 Å². The molecule has 0 bridgehead atoms. The zero-order valence-electron chi connectivity index (χ0n) is 9.52. The Morgan fingerprint density at radius 2 is 2.28 bits per heavy atom. The van der Waals surface area contributed by atoms with Crippen LogP contribution in [0.15, 0.2) is 18.2 Å². The van der Waals surface area contributed by atoms with Crippen molar-refractivity contribution in [1.82, 2.24) is 9.36 Å². The predicted molar refractivity (Wildman–Crippen MR) is 67.0 cm³/mol. The number of methoxy groups -OCH3 is 1. The Morgan fingerprint density at radius 3 is 3.00 bits per heavy atom. The van der Waals surface area contributed by atoms with E-state index in [1.54, 1.807) is 13.2 Å². The van der Waals surface area contributed by atoms with Crippen molar-refractivity contribution in [1.29, 1.82) is 0 Å². The smallest absolute Gasteiger partial charge is 0.298 e. The van der Waals surface area contributed by atoms with Crippen LogP contribution in [0.4, 0.5) is 4.39 Å². The Balaban J connectivity index is 2.04. The van der Waals surface area contributed by atoms with Crippen molar-refractivity contribution in [2.24, 2.45) is 0 Å². The van der Waals surface area contributed by atoms with Crippen molar-refractivity contribution in [2.75, 3.05) is 13.7 Å². The van der Waals surface area contributed by atoms with Crippen LogP contribution in [0.1, 0.15) is 5.82 Å². The normalized spacial score (nSPS) is 10.6. The largest absolute Gasteiger partial charge is 0.430 e. The van der Waals surface area contributed by atoms with E-state index < -0.39 is 5.82 Å². The van der Waals surface area contributed by atoms with Gasteiger partial charge in [-0.1, -0.05) is 11.6 Å². The zero-order chi connectivity index (χ0) is 13.0. The summed E-state index contributed by atoms with van der Waals surface area (Å²) in [5, 5.41) is 0.420. The zero-order valence-corrected chi connectivity index (χ0v) is 11.1. The van der Waals surface area contributed by atoms with E-state index in [-0.39, 0.29) is 5.02 Å². The molecule has 0 unspecified atom stereocenters. The summed E-state index contributed by atoms with van der Waals surface area (Å²) in [6.07, 6.45) is 0.616. The molecule has 0 fully saturated rings. The van der Waals surface area contributed by atoms with Gasteiger partial charge in [-0.05, 0) is 12.1 Å². The van der Waals surface area contributed by atoms with Gasteiger partial charge in [-0.15, -0.1) is 0 Å². The second-order valence-electron chi connectivity index (χ2n) is 3.40. The van der Waals surface area contributed by atoms with Crippen LogP contribution in [0.2, 0.25) is 5.02 Å². The van der Waals surface area contributed by atoms with Crippen LogP contribution >= 0.6 is 23.1 Å². The molecule has 0 saturated carbocycles. The lowest BCUT2D eigenvalue weighted by molar-refractivity contribution is 0.200. The van der Waals surface area contributed by atoms with Crippen molar-refractivity contribution in [3.63, 3.8) is 0 Å². The summed E-state index contributed by atoms with van der Waals surface area (Å²) in [6.45, 7) is 0.547. The van der Waals surface area contributed by atoms with Crippen molar-refractivity contribution >= 4 is 23.1 Å². The van der Waals surface area contributed by atoms with Gasteiger partial charge in [0.2, 0.25) is 0 Å². The monoisotopic (exact) mass is 288 g/mol. The number of rotatable bonds is 5. The van der Waals surface area contributed by atoms with Crippen LogP contribution in [-0.4, -0.2) is 23.1 Å². The number of hydrogen-bond donors (Lipinski definition) is 0. The number of hydrogen-bond acceptors (Lipinski definition) is 5. The van der Waals surface area contributed by atoms with Crippen LogP contribution in [0, 0.1) is 5.82 Å². The Kier molecular flexibility index (Phi) is 4.46. The average molecular weight is 289 g/mol. The summed E-state index contributed by atoms with van der Waals surface area (Å²) >= 11 is 6.69. The van der Waals surface area contributed by atoms with Gasteiger partial charge in [-0.3, -0.25) is 0 Å². The van der Waals surface area contributed by atoms with Crippen LogP contribution in [-0.2, 0) is 11.2 Å². The highest BCUT2D eigenvalue weighted by atomic mass is 35.5. The van der Waals surface area contributed by atoms with E-state index in [0.717, 1.165) is 11.5 Å². The molecule has 0 spiro atoms. The first kappa shape index (κ1) is 13.2. The van der Waals surface area contributed by atoms with E-state index in [2.05, 4.69) is 9.36 Å². The maximum Gasteiger partial charge on any atom is 0.298 e. The van der Waals surface area contributed by atoms with Gasteiger partial charge < -0.3 is 9.47 Å². The molecule has 0 saturated heterocycles. The highest BCUT2D eigenvalue weighted by Crippen LogP contribution is 2.26. The fraction of sp³-hybridized carbons (Fsp3) is 0.273. The van der Waals surface area contributed by atoms with Crippen LogP contribution in [0.5, 0.6) is 10.9 Å². The van der Waals surface area contributed by atoms with E-state index in [0.29, 0.717) is 29.8 Å². The second kappa shape index (κ2) is 6.08. The molecular formula is C11H10ClFN2O2S. The lowest BCUT2D eigenvalue weighted by Gasteiger charge is -2.01. The SMILES string of the molecule is COCCc1nsc(Oc2ccc(Cl)c(F)c2)n1. The topological polar surface area (TPSA) is 44.2 Å². The van der Waals surface area contributed by atoms with Gasteiger partial charge in [0.15, 0.2) is 0 Å². The number of ether oxygens (including phenoxy) is 2. The minimum atomic E-state index is -0.529. The molecule has 96 valence electrons. The molecule has 7 heteroatoms. The van der Waals surface area contributed by atoms with E-state index in [9.17, 15) is 4.39 Å². The molecule has 0 aliphatic rings. The summed E-state index contributed by atoms with van der Waals surface area (Å²) in [5.41, 5.74) is 0. The number of benzene rings is 1. The third kappa shape index (κ3) is 3.38. The third-order valence-electron chi connectivity index (χ3n) is 2.08. The van der Waals surface area contributed by atoms with Gasteiger partial charge in [0.25, 0.3) is 5.19 Å². The van der Waals surface area contributed by atoms with E-state index in [1.807, 2.05) is 0 Å². The highest BCUT2D eigenvalue weighted by molar-refractivity contribution is 7.07. The van der Waals surface area contributed by atoms with Crippen LogP contribution in [0.25, 0.3) is 0 Å². The minimum absolute atomic E-state index is 0.0559. The molecule has 0 aliphatic heterocycles. The minimum Gasteiger partial charge on any atom is -0.430 e. The van der Waals surface area contributed by atoms with Gasteiger partial charge >= 0.3 is 0 Å². The van der Waals surface area contributed by atoms with Gasteiger partial charge in [0.1, 0.15) is 17.4 Å². The molecule has 0 amide bonds. The van der Waals surface area contributed by atoms with Crippen molar-refractivity contribution in [3.05, 3.63) is 34.9 Å². The van der Waals surface area contributed by atoms with Crippen LogP contribution in [0.3, 0.4) is 0 Å². The van der Waals surface area contributed by atoms with Crippen molar-refractivity contribution < 1.29 is 13.9 Å². The van der Waals surface area contributed by atoms with E-state index >= 15 is 0 Å². The second-order valence-corrected chi connectivity index (χ2v) is 4.52. The third-order valence-corrected chi connectivity index (χ3v) is 3.01. The van der Waals surface area contributed by atoms with Gasteiger partial charge in [-0.2, -0.15) is 9.36 Å². The molecule has 4 nitrogen and oxygen atoms in total. The van der Waals surface area contributed by atoms with Crippen molar-refractivity contribution in [3.8, 4) is 10.9 Å². The molecule has 0 N–H and O–H groups in total. The van der Waals surface area contributed by atoms with E-state index in [4.69, 9.17) is 21.1 Å². The number of nitrogens with zero attached hydrogens (tertiary/aromatic N) is 2. The quantitative estimate of drug-likeness (QED) is 0.847. The Morgan fingerprint density at radius 1 is 1.44 bits per heavy atom. The number of halogens is 2. The Bertz CT molecular complexity index is 536.